The van der Waals surface area contributed by atoms with Gasteiger partial charge in [-0.1, -0.05) is 17.3 Å². The Hall–Kier alpha value is -2.83. The van der Waals surface area contributed by atoms with Crippen molar-refractivity contribution in [1.82, 2.24) is 5.16 Å². The number of phenols is 1. The number of aryl methyl sites for hydroxylation is 1. The summed E-state index contributed by atoms with van der Waals surface area (Å²) in [5.41, 5.74) is 0.459. The van der Waals surface area contributed by atoms with Crippen molar-refractivity contribution in [3.05, 3.63) is 45.3 Å². The van der Waals surface area contributed by atoms with E-state index >= 15 is 0 Å². The Labute approximate surface area is 114 Å². The molecule has 0 saturated heterocycles. The maximum absolute atomic E-state index is 10.9. The van der Waals surface area contributed by atoms with E-state index in [2.05, 4.69) is 5.16 Å². The highest BCUT2D eigenvalue weighted by Crippen LogP contribution is 2.31. The van der Waals surface area contributed by atoms with Gasteiger partial charge in [0, 0.05) is 5.56 Å². The second-order valence-electron chi connectivity index (χ2n) is 3.97. The highest BCUT2D eigenvalue weighted by molar-refractivity contribution is 5.75. The maximum atomic E-state index is 10.9. The van der Waals surface area contributed by atoms with Crippen molar-refractivity contribution in [3.63, 3.8) is 0 Å². The molecule has 0 aliphatic rings. The third kappa shape index (κ3) is 2.46. The van der Waals surface area contributed by atoms with Gasteiger partial charge in [0.1, 0.15) is 0 Å². The highest BCUT2D eigenvalue weighted by Gasteiger charge is 2.22. The van der Waals surface area contributed by atoms with Crippen LogP contribution in [0.1, 0.15) is 17.0 Å². The molecule has 104 valence electrons. The lowest BCUT2D eigenvalue weighted by atomic mass is 10.1. The summed E-state index contributed by atoms with van der Waals surface area (Å²) in [6, 6.07) is 4.94. The second-order valence-corrected chi connectivity index (χ2v) is 3.97. The number of hydrogen-bond acceptors (Lipinski definition) is 6. The summed E-state index contributed by atoms with van der Waals surface area (Å²) in [5, 5.41) is 24.3. The summed E-state index contributed by atoms with van der Waals surface area (Å²) in [6.07, 6.45) is 2.87. The molecule has 1 heterocycles. The summed E-state index contributed by atoms with van der Waals surface area (Å²) >= 11 is 0. The summed E-state index contributed by atoms with van der Waals surface area (Å²) in [6.45, 7) is 1.49. The smallest absolute Gasteiger partial charge is 0.338 e. The molecule has 7 nitrogen and oxygen atoms in total. The minimum absolute atomic E-state index is 0.0229. The fourth-order valence-electron chi connectivity index (χ4n) is 1.72. The lowest BCUT2D eigenvalue weighted by Gasteiger charge is -2.04. The number of para-hydroxylation sites is 1. The summed E-state index contributed by atoms with van der Waals surface area (Å²) in [4.78, 5) is 10.3. The molecule has 1 N–H and O–H groups in total. The van der Waals surface area contributed by atoms with Crippen LogP contribution in [0.3, 0.4) is 0 Å². The summed E-state index contributed by atoms with van der Waals surface area (Å²) in [5.74, 6) is 0.287. The fraction of sp³-hybridized carbons (Fsp3) is 0.154. The number of aromatic hydroxyl groups is 1. The monoisotopic (exact) mass is 276 g/mol. The number of benzene rings is 1. The number of nitro groups is 1. The quantitative estimate of drug-likeness (QED) is 0.681. The van der Waals surface area contributed by atoms with E-state index in [-0.39, 0.29) is 22.9 Å². The number of rotatable bonds is 4. The van der Waals surface area contributed by atoms with E-state index in [9.17, 15) is 15.2 Å². The zero-order valence-electron chi connectivity index (χ0n) is 10.9. The first-order chi connectivity index (χ1) is 9.54. The minimum Gasteiger partial charge on any atom is -0.504 e. The van der Waals surface area contributed by atoms with Gasteiger partial charge in [0.25, 0.3) is 0 Å². The van der Waals surface area contributed by atoms with Crippen molar-refractivity contribution in [2.45, 2.75) is 6.92 Å². The molecule has 2 aromatic rings. The maximum Gasteiger partial charge on any atom is 0.338 e. The zero-order chi connectivity index (χ0) is 14.7. The predicted molar refractivity (Wildman–Crippen MR) is 71.5 cm³/mol. The summed E-state index contributed by atoms with van der Waals surface area (Å²) in [7, 11) is 1.44. The molecule has 0 amide bonds. The number of hydrogen-bond donors (Lipinski definition) is 1. The van der Waals surface area contributed by atoms with Crippen molar-refractivity contribution in [1.29, 1.82) is 0 Å². The van der Waals surface area contributed by atoms with Crippen molar-refractivity contribution in [3.8, 4) is 11.5 Å². The Morgan fingerprint density at radius 1 is 1.45 bits per heavy atom. The number of methoxy groups -OCH3 is 1. The van der Waals surface area contributed by atoms with Crippen LogP contribution in [0.2, 0.25) is 0 Å². The molecular formula is C13H12N2O5. The van der Waals surface area contributed by atoms with Gasteiger partial charge in [-0.25, -0.2) is 0 Å². The van der Waals surface area contributed by atoms with Crippen LogP contribution in [0, 0.1) is 17.0 Å². The van der Waals surface area contributed by atoms with Crippen molar-refractivity contribution < 1.29 is 19.3 Å². The molecule has 0 unspecified atom stereocenters. The molecule has 1 aromatic heterocycles. The van der Waals surface area contributed by atoms with Gasteiger partial charge in [0.15, 0.2) is 17.2 Å². The van der Waals surface area contributed by atoms with Crippen LogP contribution >= 0.6 is 0 Å². The number of phenolic OH excluding ortho intramolecular Hbond substituents is 1. The van der Waals surface area contributed by atoms with E-state index in [1.54, 1.807) is 18.2 Å². The predicted octanol–water partition coefficient (Wildman–Crippen LogP) is 2.78. The zero-order valence-corrected chi connectivity index (χ0v) is 10.9. The van der Waals surface area contributed by atoms with Gasteiger partial charge in [-0.3, -0.25) is 10.1 Å². The first-order valence-corrected chi connectivity index (χ1v) is 5.69. The molecule has 1 aromatic carbocycles. The number of ether oxygens (including phenoxy) is 1. The van der Waals surface area contributed by atoms with E-state index in [4.69, 9.17) is 9.26 Å². The molecular weight excluding hydrogens is 264 g/mol. The Morgan fingerprint density at radius 2 is 2.20 bits per heavy atom. The fourth-order valence-corrected chi connectivity index (χ4v) is 1.72. The second kappa shape index (κ2) is 5.43. The van der Waals surface area contributed by atoms with Crippen molar-refractivity contribution >= 4 is 17.8 Å². The molecule has 20 heavy (non-hydrogen) atoms. The molecule has 0 aliphatic carbocycles. The van der Waals surface area contributed by atoms with E-state index in [1.807, 2.05) is 0 Å². The van der Waals surface area contributed by atoms with Crippen molar-refractivity contribution in [2.75, 3.05) is 7.11 Å². The van der Waals surface area contributed by atoms with Gasteiger partial charge >= 0.3 is 5.69 Å². The molecule has 0 fully saturated rings. The highest BCUT2D eigenvalue weighted by atomic mass is 16.6. The van der Waals surface area contributed by atoms with Crippen LogP contribution in [0.4, 0.5) is 5.69 Å². The van der Waals surface area contributed by atoms with E-state index in [1.165, 1.54) is 26.2 Å². The topological polar surface area (TPSA) is 98.6 Å². The Kier molecular flexibility index (Phi) is 3.69. The SMILES string of the molecule is COc1cccc(/C=C/c2onc(C)c2[N+](=O)[O-])c1O. The van der Waals surface area contributed by atoms with Crippen LogP contribution in [-0.4, -0.2) is 22.3 Å². The summed E-state index contributed by atoms with van der Waals surface area (Å²) < 4.78 is 9.86. The molecule has 0 atom stereocenters. The first-order valence-electron chi connectivity index (χ1n) is 5.69. The average Bonchev–Trinajstić information content (AvgIpc) is 2.79. The molecule has 0 bridgehead atoms. The minimum atomic E-state index is -0.559. The van der Waals surface area contributed by atoms with Gasteiger partial charge in [0.05, 0.1) is 12.0 Å². The first kappa shape index (κ1) is 13.6. The molecule has 0 aliphatic heterocycles. The molecule has 0 radical (unpaired) electrons. The van der Waals surface area contributed by atoms with E-state index < -0.39 is 4.92 Å². The lowest BCUT2D eigenvalue weighted by Crippen LogP contribution is -1.90. The Morgan fingerprint density at radius 3 is 2.85 bits per heavy atom. The third-order valence-corrected chi connectivity index (χ3v) is 2.70. The van der Waals surface area contributed by atoms with E-state index in [0.717, 1.165) is 0 Å². The Bertz CT molecular complexity index is 675. The van der Waals surface area contributed by atoms with Gasteiger partial charge < -0.3 is 14.4 Å². The number of nitrogens with zero attached hydrogens (tertiary/aromatic N) is 2. The normalized spacial score (nSPS) is 10.9. The molecule has 0 saturated carbocycles. The van der Waals surface area contributed by atoms with Gasteiger partial charge in [0.2, 0.25) is 5.76 Å². The van der Waals surface area contributed by atoms with Crippen LogP contribution < -0.4 is 4.74 Å². The van der Waals surface area contributed by atoms with E-state index in [0.29, 0.717) is 11.3 Å². The van der Waals surface area contributed by atoms with Crippen LogP contribution in [0.25, 0.3) is 12.2 Å². The molecule has 7 heteroatoms. The molecule has 2 rings (SSSR count). The van der Waals surface area contributed by atoms with Gasteiger partial charge in [-0.2, -0.15) is 0 Å². The largest absolute Gasteiger partial charge is 0.504 e. The lowest BCUT2D eigenvalue weighted by molar-refractivity contribution is -0.386. The van der Waals surface area contributed by atoms with Crippen LogP contribution in [-0.2, 0) is 0 Å². The van der Waals surface area contributed by atoms with Gasteiger partial charge in [-0.05, 0) is 25.1 Å². The van der Waals surface area contributed by atoms with Crippen molar-refractivity contribution in [2.24, 2.45) is 0 Å². The van der Waals surface area contributed by atoms with Crippen LogP contribution in [0.5, 0.6) is 11.5 Å². The molecule has 0 spiro atoms. The Balaban J connectivity index is 2.38. The standard InChI is InChI=1S/C13H12N2O5/c1-8-12(15(17)18)10(20-14-8)7-6-9-4-3-5-11(19-2)13(9)16/h3-7,16H,1-2H3/b7-6+. The van der Waals surface area contributed by atoms with Crippen LogP contribution in [0.15, 0.2) is 22.7 Å². The van der Waals surface area contributed by atoms with Gasteiger partial charge in [-0.15, -0.1) is 0 Å². The third-order valence-electron chi connectivity index (χ3n) is 2.70. The average molecular weight is 276 g/mol. The number of aromatic nitrogens is 1.